The summed E-state index contributed by atoms with van der Waals surface area (Å²) in [5.41, 5.74) is 5.84. The van der Waals surface area contributed by atoms with E-state index < -0.39 is 0 Å². The maximum absolute atomic E-state index is 8.79. The summed E-state index contributed by atoms with van der Waals surface area (Å²) in [7, 11) is 0. The molecule has 0 amide bonds. The van der Waals surface area contributed by atoms with Crippen molar-refractivity contribution in [3.05, 3.63) is 89.5 Å². The maximum Gasteiger partial charge on any atom is 0.127 e. The number of anilines is 1. The number of nitriles is 2. The molecule has 0 bridgehead atoms. The highest BCUT2D eigenvalue weighted by Gasteiger charge is 1.98. The fourth-order valence-electron chi connectivity index (χ4n) is 2.16. The zero-order valence-corrected chi connectivity index (χ0v) is 13.8. The van der Waals surface area contributed by atoms with E-state index in [0.29, 0.717) is 22.6 Å². The van der Waals surface area contributed by atoms with Crippen molar-refractivity contribution >= 4 is 11.9 Å². The third kappa shape index (κ3) is 4.47. The normalized spacial score (nSPS) is 10.1. The van der Waals surface area contributed by atoms with Gasteiger partial charge in [0, 0.05) is 0 Å². The van der Waals surface area contributed by atoms with Crippen LogP contribution in [0.2, 0.25) is 0 Å². The standard InChI is InChI=1S/C21H14N4O/c22-13-16-1-7-19(8-2-16)25-24-15-18-5-11-21(12-6-18)26-20-9-3-17(14-23)4-10-20/h1-12,15,25H/b24-15+. The smallest absolute Gasteiger partial charge is 0.127 e. The van der Waals surface area contributed by atoms with Crippen molar-refractivity contribution in [3.63, 3.8) is 0 Å². The van der Waals surface area contributed by atoms with E-state index in [0.717, 1.165) is 11.3 Å². The molecule has 26 heavy (non-hydrogen) atoms. The molecule has 0 saturated heterocycles. The van der Waals surface area contributed by atoms with Crippen molar-refractivity contribution in [1.82, 2.24) is 0 Å². The Hall–Kier alpha value is -4.09. The van der Waals surface area contributed by atoms with Crippen molar-refractivity contribution < 1.29 is 4.74 Å². The molecule has 3 aromatic rings. The molecule has 3 rings (SSSR count). The van der Waals surface area contributed by atoms with Gasteiger partial charge in [-0.15, -0.1) is 0 Å². The maximum atomic E-state index is 8.79. The summed E-state index contributed by atoms with van der Waals surface area (Å²) in [5.74, 6) is 1.37. The molecule has 0 aliphatic rings. The summed E-state index contributed by atoms with van der Waals surface area (Å²) in [6.07, 6.45) is 1.70. The fraction of sp³-hybridized carbons (Fsp3) is 0. The van der Waals surface area contributed by atoms with E-state index in [1.54, 1.807) is 54.7 Å². The van der Waals surface area contributed by atoms with Crippen LogP contribution in [0.4, 0.5) is 5.69 Å². The van der Waals surface area contributed by atoms with Gasteiger partial charge in [0.05, 0.1) is 35.2 Å². The number of hydrogen-bond donors (Lipinski definition) is 1. The van der Waals surface area contributed by atoms with Crippen molar-refractivity contribution in [2.24, 2.45) is 5.10 Å². The molecule has 0 aliphatic heterocycles. The molecule has 3 aromatic carbocycles. The van der Waals surface area contributed by atoms with E-state index in [4.69, 9.17) is 15.3 Å². The van der Waals surface area contributed by atoms with Crippen LogP contribution in [-0.4, -0.2) is 6.21 Å². The predicted octanol–water partition coefficient (Wildman–Crippen LogP) is 4.67. The lowest BCUT2D eigenvalue weighted by Crippen LogP contribution is -1.91. The molecule has 0 aromatic heterocycles. The summed E-state index contributed by atoms with van der Waals surface area (Å²) >= 11 is 0. The highest BCUT2D eigenvalue weighted by Crippen LogP contribution is 2.21. The van der Waals surface area contributed by atoms with E-state index in [1.165, 1.54) is 0 Å². The van der Waals surface area contributed by atoms with E-state index in [2.05, 4.69) is 22.7 Å². The van der Waals surface area contributed by atoms with E-state index in [1.807, 2.05) is 24.3 Å². The number of nitrogens with zero attached hydrogens (tertiary/aromatic N) is 3. The van der Waals surface area contributed by atoms with Crippen LogP contribution >= 0.6 is 0 Å². The molecule has 0 aliphatic carbocycles. The largest absolute Gasteiger partial charge is 0.457 e. The van der Waals surface area contributed by atoms with Gasteiger partial charge in [0.2, 0.25) is 0 Å². The third-order valence-electron chi connectivity index (χ3n) is 3.52. The number of benzene rings is 3. The Labute approximate surface area is 151 Å². The Kier molecular flexibility index (Phi) is 5.25. The Morgan fingerprint density at radius 3 is 1.77 bits per heavy atom. The average molecular weight is 338 g/mol. The fourth-order valence-corrected chi connectivity index (χ4v) is 2.16. The predicted molar refractivity (Wildman–Crippen MR) is 100 cm³/mol. The van der Waals surface area contributed by atoms with Crippen molar-refractivity contribution in [1.29, 1.82) is 10.5 Å². The van der Waals surface area contributed by atoms with Crippen LogP contribution in [0.5, 0.6) is 11.5 Å². The summed E-state index contributed by atoms with van der Waals surface area (Å²) < 4.78 is 5.73. The first-order chi connectivity index (χ1) is 12.8. The van der Waals surface area contributed by atoms with E-state index in [9.17, 15) is 0 Å². The minimum absolute atomic E-state index is 0.596. The molecule has 0 atom stereocenters. The molecule has 0 heterocycles. The molecule has 0 radical (unpaired) electrons. The molecule has 5 nitrogen and oxygen atoms in total. The minimum Gasteiger partial charge on any atom is -0.457 e. The molecule has 0 saturated carbocycles. The Bertz CT molecular complexity index is 977. The van der Waals surface area contributed by atoms with Crippen LogP contribution in [0.3, 0.4) is 0 Å². The number of hydrogen-bond acceptors (Lipinski definition) is 5. The van der Waals surface area contributed by atoms with E-state index >= 15 is 0 Å². The lowest BCUT2D eigenvalue weighted by molar-refractivity contribution is 0.482. The zero-order valence-electron chi connectivity index (χ0n) is 13.8. The van der Waals surface area contributed by atoms with Crippen LogP contribution in [0.25, 0.3) is 0 Å². The molecule has 0 unspecified atom stereocenters. The first-order valence-corrected chi connectivity index (χ1v) is 7.84. The summed E-state index contributed by atoms with van der Waals surface area (Å²) in [4.78, 5) is 0. The first kappa shape index (κ1) is 16.8. The third-order valence-corrected chi connectivity index (χ3v) is 3.52. The van der Waals surface area contributed by atoms with Crippen molar-refractivity contribution in [2.75, 3.05) is 5.43 Å². The number of hydrazone groups is 1. The van der Waals surface area contributed by atoms with Crippen LogP contribution < -0.4 is 10.2 Å². The SMILES string of the molecule is N#Cc1ccc(N/N=C/c2ccc(Oc3ccc(C#N)cc3)cc2)cc1. The van der Waals surface area contributed by atoms with Gasteiger partial charge in [0.1, 0.15) is 11.5 Å². The zero-order chi connectivity index (χ0) is 18.2. The van der Waals surface area contributed by atoms with Gasteiger partial charge in [0.25, 0.3) is 0 Å². The van der Waals surface area contributed by atoms with Crippen LogP contribution in [0.1, 0.15) is 16.7 Å². The molecule has 1 N–H and O–H groups in total. The van der Waals surface area contributed by atoms with Crippen molar-refractivity contribution in [3.8, 4) is 23.6 Å². The highest BCUT2D eigenvalue weighted by molar-refractivity contribution is 5.80. The number of ether oxygens (including phenoxy) is 1. The van der Waals surface area contributed by atoms with Crippen LogP contribution in [0.15, 0.2) is 77.9 Å². The van der Waals surface area contributed by atoms with Crippen molar-refractivity contribution in [2.45, 2.75) is 0 Å². The second-order valence-corrected chi connectivity index (χ2v) is 5.37. The molecular weight excluding hydrogens is 324 g/mol. The second kappa shape index (κ2) is 8.14. The first-order valence-electron chi connectivity index (χ1n) is 7.84. The lowest BCUT2D eigenvalue weighted by atomic mass is 10.2. The van der Waals surface area contributed by atoms with Gasteiger partial charge in [-0.3, -0.25) is 5.43 Å². The average Bonchev–Trinajstić information content (AvgIpc) is 2.70. The Morgan fingerprint density at radius 2 is 1.23 bits per heavy atom. The van der Waals surface area contributed by atoms with E-state index in [-0.39, 0.29) is 0 Å². The quantitative estimate of drug-likeness (QED) is 0.541. The minimum atomic E-state index is 0.596. The molecule has 5 heteroatoms. The number of nitrogens with one attached hydrogen (secondary N) is 1. The van der Waals surface area contributed by atoms with Gasteiger partial charge < -0.3 is 4.74 Å². The van der Waals surface area contributed by atoms with Gasteiger partial charge in [-0.1, -0.05) is 0 Å². The van der Waals surface area contributed by atoms with Gasteiger partial charge >= 0.3 is 0 Å². The summed E-state index contributed by atoms with van der Waals surface area (Å²) in [5, 5.41) is 21.7. The Balaban J connectivity index is 1.58. The van der Waals surface area contributed by atoms with Crippen LogP contribution in [0, 0.1) is 22.7 Å². The van der Waals surface area contributed by atoms with Gasteiger partial charge in [-0.25, -0.2) is 0 Å². The second-order valence-electron chi connectivity index (χ2n) is 5.37. The van der Waals surface area contributed by atoms with Crippen LogP contribution in [-0.2, 0) is 0 Å². The Morgan fingerprint density at radius 1 is 0.731 bits per heavy atom. The molecular formula is C21H14N4O. The molecule has 124 valence electrons. The summed E-state index contributed by atoms with van der Waals surface area (Å²) in [6.45, 7) is 0. The topological polar surface area (TPSA) is 81.2 Å². The van der Waals surface area contributed by atoms with Gasteiger partial charge in [-0.2, -0.15) is 15.6 Å². The van der Waals surface area contributed by atoms with Gasteiger partial charge in [0.15, 0.2) is 0 Å². The lowest BCUT2D eigenvalue weighted by Gasteiger charge is -2.05. The molecule has 0 fully saturated rings. The highest BCUT2D eigenvalue weighted by atomic mass is 16.5. The summed E-state index contributed by atoms with van der Waals surface area (Å²) in [6, 6.07) is 25.6. The monoisotopic (exact) mass is 338 g/mol. The molecule has 0 spiro atoms. The van der Waals surface area contributed by atoms with Gasteiger partial charge in [-0.05, 0) is 78.4 Å². The number of rotatable bonds is 5.